The first kappa shape index (κ1) is 21.1. The smallest absolute Gasteiger partial charge is 0.314 e. The highest BCUT2D eigenvalue weighted by atomic mass is 35.5. The van der Waals surface area contributed by atoms with E-state index in [-0.39, 0.29) is 28.2 Å². The molecule has 0 bridgehead atoms. The molecule has 0 spiro atoms. The first-order chi connectivity index (χ1) is 13.2. The molecular weight excluding hydrogens is 405 g/mol. The molecule has 1 aromatic carbocycles. The molecule has 1 aliphatic heterocycles. The standard InChI is InChI=1S/C20H23Cl2NO5/c1-11(26-4)28-23-18(24)16(14-9-8-13(21)10-15(14)22)17(20(23,2)3)27-19(25)12-6-5-7-12/h8-12H,5-7H2,1-4H3. The second-order valence-corrected chi connectivity index (χ2v) is 8.29. The number of nitrogens with zero attached hydrogens (tertiary/aromatic N) is 1. The molecule has 28 heavy (non-hydrogen) atoms. The number of carbonyl (C=O) groups excluding carboxylic acids is 2. The van der Waals surface area contributed by atoms with Gasteiger partial charge in [0.2, 0.25) is 0 Å². The minimum atomic E-state index is -1.04. The zero-order valence-corrected chi connectivity index (χ0v) is 17.8. The summed E-state index contributed by atoms with van der Waals surface area (Å²) in [7, 11) is 1.47. The highest BCUT2D eigenvalue weighted by Gasteiger charge is 2.51. The van der Waals surface area contributed by atoms with E-state index in [1.54, 1.807) is 39.0 Å². The number of hydroxylamine groups is 2. The molecule has 6 nitrogen and oxygen atoms in total. The largest absolute Gasteiger partial charge is 0.427 e. The van der Waals surface area contributed by atoms with Crippen molar-refractivity contribution in [3.8, 4) is 0 Å². The van der Waals surface area contributed by atoms with E-state index in [1.165, 1.54) is 12.2 Å². The van der Waals surface area contributed by atoms with Gasteiger partial charge in [-0.05, 0) is 45.7 Å². The molecule has 8 heteroatoms. The van der Waals surface area contributed by atoms with Crippen LogP contribution in [0.1, 0.15) is 45.6 Å². The van der Waals surface area contributed by atoms with E-state index in [9.17, 15) is 9.59 Å². The van der Waals surface area contributed by atoms with E-state index in [0.717, 1.165) is 19.3 Å². The van der Waals surface area contributed by atoms with E-state index in [4.69, 9.17) is 37.5 Å². The number of methoxy groups -OCH3 is 1. The van der Waals surface area contributed by atoms with Gasteiger partial charge in [0.1, 0.15) is 11.3 Å². The minimum absolute atomic E-state index is 0.145. The molecular formula is C20H23Cl2NO5. The SMILES string of the molecule is COC(C)ON1C(=O)C(c2ccc(Cl)cc2Cl)=C(OC(=O)C2CCC2)C1(C)C. The van der Waals surface area contributed by atoms with Gasteiger partial charge in [0.25, 0.3) is 5.91 Å². The molecule has 1 aliphatic carbocycles. The van der Waals surface area contributed by atoms with Gasteiger partial charge in [0, 0.05) is 17.7 Å². The van der Waals surface area contributed by atoms with Gasteiger partial charge in [-0.3, -0.25) is 9.59 Å². The second kappa shape index (κ2) is 8.03. The number of rotatable bonds is 6. The topological polar surface area (TPSA) is 65.1 Å². The van der Waals surface area contributed by atoms with Crippen LogP contribution in [-0.2, 0) is 23.9 Å². The number of esters is 1. The molecule has 1 aromatic rings. The van der Waals surface area contributed by atoms with Crippen LogP contribution in [0.25, 0.3) is 5.57 Å². The number of amides is 1. The first-order valence-corrected chi connectivity index (χ1v) is 9.88. The van der Waals surface area contributed by atoms with Crippen LogP contribution in [-0.4, -0.2) is 35.9 Å². The lowest BCUT2D eigenvalue weighted by atomic mass is 9.85. The van der Waals surface area contributed by atoms with Gasteiger partial charge in [-0.25, -0.2) is 9.90 Å². The molecule has 152 valence electrons. The molecule has 1 heterocycles. The normalized spacial score (nSPS) is 20.4. The number of hydrogen-bond acceptors (Lipinski definition) is 5. The zero-order valence-electron chi connectivity index (χ0n) is 16.3. The van der Waals surface area contributed by atoms with Crippen molar-refractivity contribution in [2.75, 3.05) is 7.11 Å². The quantitative estimate of drug-likeness (QED) is 0.490. The lowest BCUT2D eigenvalue weighted by Crippen LogP contribution is -2.46. The van der Waals surface area contributed by atoms with Crippen LogP contribution in [0.2, 0.25) is 10.0 Å². The summed E-state index contributed by atoms with van der Waals surface area (Å²) >= 11 is 12.4. The molecule has 1 atom stereocenters. The maximum Gasteiger partial charge on any atom is 0.314 e. The molecule has 0 aromatic heterocycles. The zero-order chi connectivity index (χ0) is 20.6. The average Bonchev–Trinajstić information content (AvgIpc) is 2.74. The van der Waals surface area contributed by atoms with Gasteiger partial charge < -0.3 is 9.47 Å². The summed E-state index contributed by atoms with van der Waals surface area (Å²) in [5.74, 6) is -0.740. The third-order valence-corrected chi connectivity index (χ3v) is 5.66. The third kappa shape index (κ3) is 3.79. The Morgan fingerprint density at radius 1 is 1.29 bits per heavy atom. The van der Waals surface area contributed by atoms with E-state index in [1.807, 2.05) is 0 Å². The summed E-state index contributed by atoms with van der Waals surface area (Å²) in [5, 5.41) is 1.89. The fourth-order valence-electron chi connectivity index (χ4n) is 3.16. The van der Waals surface area contributed by atoms with E-state index in [2.05, 4.69) is 0 Å². The van der Waals surface area contributed by atoms with Crippen LogP contribution in [0, 0.1) is 5.92 Å². The molecule has 1 saturated carbocycles. The third-order valence-electron chi connectivity index (χ3n) is 5.12. The Morgan fingerprint density at radius 3 is 2.50 bits per heavy atom. The van der Waals surface area contributed by atoms with Gasteiger partial charge in [-0.15, -0.1) is 0 Å². The van der Waals surface area contributed by atoms with Crippen molar-refractivity contribution in [3.05, 3.63) is 39.6 Å². The Morgan fingerprint density at radius 2 is 1.96 bits per heavy atom. The van der Waals surface area contributed by atoms with Crippen molar-refractivity contribution >= 4 is 40.7 Å². The number of ether oxygens (including phenoxy) is 2. The first-order valence-electron chi connectivity index (χ1n) is 9.12. The van der Waals surface area contributed by atoms with E-state index >= 15 is 0 Å². The van der Waals surface area contributed by atoms with Gasteiger partial charge in [0.15, 0.2) is 6.29 Å². The van der Waals surface area contributed by atoms with Crippen molar-refractivity contribution < 1.29 is 23.9 Å². The van der Waals surface area contributed by atoms with E-state index < -0.39 is 17.7 Å². The molecule has 1 unspecified atom stereocenters. The Balaban J connectivity index is 2.07. The molecule has 0 radical (unpaired) electrons. The Hall–Kier alpha value is -1.60. The van der Waals surface area contributed by atoms with Crippen LogP contribution in [0.4, 0.5) is 0 Å². The van der Waals surface area contributed by atoms with Crippen LogP contribution < -0.4 is 0 Å². The number of carbonyl (C=O) groups is 2. The Bertz CT molecular complexity index is 832. The second-order valence-electron chi connectivity index (χ2n) is 7.44. The fourth-order valence-corrected chi connectivity index (χ4v) is 3.66. The summed E-state index contributed by atoms with van der Waals surface area (Å²) in [4.78, 5) is 31.5. The van der Waals surface area contributed by atoms with Crippen LogP contribution in [0.5, 0.6) is 0 Å². The van der Waals surface area contributed by atoms with Gasteiger partial charge >= 0.3 is 5.97 Å². The molecule has 1 fully saturated rings. The van der Waals surface area contributed by atoms with Crippen molar-refractivity contribution in [2.45, 2.75) is 51.9 Å². The van der Waals surface area contributed by atoms with Crippen molar-refractivity contribution in [1.82, 2.24) is 5.06 Å². The molecule has 2 aliphatic rings. The monoisotopic (exact) mass is 427 g/mol. The fraction of sp³-hybridized carbons (Fsp3) is 0.500. The van der Waals surface area contributed by atoms with Crippen molar-refractivity contribution in [3.63, 3.8) is 0 Å². The van der Waals surface area contributed by atoms with Crippen molar-refractivity contribution in [1.29, 1.82) is 0 Å². The van der Waals surface area contributed by atoms with Gasteiger partial charge in [-0.2, -0.15) is 0 Å². The Labute approximate surface area is 174 Å². The molecule has 0 N–H and O–H groups in total. The van der Waals surface area contributed by atoms with Gasteiger partial charge in [-0.1, -0.05) is 35.7 Å². The predicted octanol–water partition coefficient (Wildman–Crippen LogP) is 4.59. The summed E-state index contributed by atoms with van der Waals surface area (Å²) in [5.41, 5.74) is -0.430. The molecule has 1 amide bonds. The van der Waals surface area contributed by atoms with E-state index in [0.29, 0.717) is 10.6 Å². The van der Waals surface area contributed by atoms with Crippen molar-refractivity contribution in [2.24, 2.45) is 5.92 Å². The number of benzene rings is 1. The van der Waals surface area contributed by atoms with Crippen LogP contribution >= 0.6 is 23.2 Å². The lowest BCUT2D eigenvalue weighted by Gasteiger charge is -2.34. The summed E-state index contributed by atoms with van der Waals surface area (Å²) < 4.78 is 10.9. The summed E-state index contributed by atoms with van der Waals surface area (Å²) in [6.45, 7) is 5.15. The Kier molecular flexibility index (Phi) is 6.05. The maximum atomic E-state index is 13.3. The highest BCUT2D eigenvalue weighted by molar-refractivity contribution is 6.37. The van der Waals surface area contributed by atoms with Crippen LogP contribution in [0.3, 0.4) is 0 Å². The average molecular weight is 428 g/mol. The summed E-state index contributed by atoms with van der Waals surface area (Å²) in [6, 6.07) is 4.80. The van der Waals surface area contributed by atoms with Gasteiger partial charge in [0.05, 0.1) is 16.5 Å². The summed E-state index contributed by atoms with van der Waals surface area (Å²) in [6.07, 6.45) is 1.90. The highest BCUT2D eigenvalue weighted by Crippen LogP contribution is 2.44. The van der Waals surface area contributed by atoms with Crippen LogP contribution in [0.15, 0.2) is 24.0 Å². The maximum absolute atomic E-state index is 13.3. The molecule has 3 rings (SSSR count). The predicted molar refractivity (Wildman–Crippen MR) is 105 cm³/mol. The number of hydrogen-bond donors (Lipinski definition) is 0. The minimum Gasteiger partial charge on any atom is -0.427 e. The number of halogens is 2. The molecule has 0 saturated heterocycles. The lowest BCUT2D eigenvalue weighted by molar-refractivity contribution is -0.276.